The molecule has 0 aliphatic rings. The SMILES string of the molecule is Cc1cc(NC(C)C(=O)NCCc2ccc(F)cc2)ccc1Br. The summed E-state index contributed by atoms with van der Waals surface area (Å²) in [5.74, 6) is -0.312. The third kappa shape index (κ3) is 5.36. The Morgan fingerprint density at radius 2 is 1.91 bits per heavy atom. The van der Waals surface area contributed by atoms with Crippen molar-refractivity contribution in [3.05, 3.63) is 63.9 Å². The topological polar surface area (TPSA) is 41.1 Å². The molecule has 2 N–H and O–H groups in total. The molecular weight excluding hydrogens is 359 g/mol. The van der Waals surface area contributed by atoms with Gasteiger partial charge in [0.1, 0.15) is 11.9 Å². The molecule has 1 amide bonds. The van der Waals surface area contributed by atoms with E-state index in [0.29, 0.717) is 13.0 Å². The lowest BCUT2D eigenvalue weighted by atomic mass is 10.1. The number of hydrogen-bond donors (Lipinski definition) is 2. The van der Waals surface area contributed by atoms with E-state index in [2.05, 4.69) is 26.6 Å². The standard InChI is InChI=1S/C18H20BrFN2O/c1-12-11-16(7-8-17(12)19)22-13(2)18(23)21-10-9-14-3-5-15(20)6-4-14/h3-8,11,13,22H,9-10H2,1-2H3,(H,21,23). The highest BCUT2D eigenvalue weighted by atomic mass is 79.9. The number of halogens is 2. The van der Waals surface area contributed by atoms with E-state index in [0.717, 1.165) is 21.3 Å². The van der Waals surface area contributed by atoms with Gasteiger partial charge in [0.05, 0.1) is 0 Å². The number of aryl methyl sites for hydroxylation is 1. The van der Waals surface area contributed by atoms with Crippen LogP contribution in [0.5, 0.6) is 0 Å². The maximum absolute atomic E-state index is 12.8. The fourth-order valence-electron chi connectivity index (χ4n) is 2.18. The first-order valence-electron chi connectivity index (χ1n) is 7.50. The molecule has 5 heteroatoms. The molecule has 122 valence electrons. The van der Waals surface area contributed by atoms with Gasteiger partial charge in [-0.3, -0.25) is 4.79 Å². The summed E-state index contributed by atoms with van der Waals surface area (Å²) in [7, 11) is 0. The summed E-state index contributed by atoms with van der Waals surface area (Å²) in [5.41, 5.74) is 3.02. The van der Waals surface area contributed by atoms with Crippen molar-refractivity contribution in [2.24, 2.45) is 0 Å². The number of benzene rings is 2. The molecule has 3 nitrogen and oxygen atoms in total. The molecule has 1 atom stereocenters. The highest BCUT2D eigenvalue weighted by molar-refractivity contribution is 9.10. The lowest BCUT2D eigenvalue weighted by Gasteiger charge is -2.16. The van der Waals surface area contributed by atoms with Crippen LogP contribution in [0, 0.1) is 12.7 Å². The summed E-state index contributed by atoms with van der Waals surface area (Å²) in [6.45, 7) is 4.35. The van der Waals surface area contributed by atoms with Gasteiger partial charge in [0.2, 0.25) is 5.91 Å². The number of hydrogen-bond acceptors (Lipinski definition) is 2. The van der Waals surface area contributed by atoms with Gasteiger partial charge in [-0.2, -0.15) is 0 Å². The number of nitrogens with one attached hydrogen (secondary N) is 2. The number of anilines is 1. The van der Waals surface area contributed by atoms with Crippen molar-refractivity contribution in [2.45, 2.75) is 26.3 Å². The van der Waals surface area contributed by atoms with Crippen LogP contribution in [0.1, 0.15) is 18.1 Å². The highest BCUT2D eigenvalue weighted by Crippen LogP contribution is 2.20. The first kappa shape index (κ1) is 17.5. The molecule has 0 aliphatic heterocycles. The van der Waals surface area contributed by atoms with Gasteiger partial charge in [-0.05, 0) is 61.7 Å². The van der Waals surface area contributed by atoms with Gasteiger partial charge >= 0.3 is 0 Å². The molecule has 0 aliphatic carbocycles. The zero-order chi connectivity index (χ0) is 16.8. The van der Waals surface area contributed by atoms with Gasteiger partial charge in [-0.15, -0.1) is 0 Å². The predicted molar refractivity (Wildman–Crippen MR) is 95.1 cm³/mol. The fourth-order valence-corrected chi connectivity index (χ4v) is 2.43. The second kappa shape index (κ2) is 8.11. The Morgan fingerprint density at radius 1 is 1.22 bits per heavy atom. The van der Waals surface area contributed by atoms with E-state index in [1.165, 1.54) is 12.1 Å². The van der Waals surface area contributed by atoms with Crippen LogP contribution in [0.15, 0.2) is 46.9 Å². The van der Waals surface area contributed by atoms with Crippen LogP contribution < -0.4 is 10.6 Å². The number of amides is 1. The van der Waals surface area contributed by atoms with Crippen molar-refractivity contribution in [1.82, 2.24) is 5.32 Å². The summed E-state index contributed by atoms with van der Waals surface area (Å²) in [6.07, 6.45) is 0.677. The number of carbonyl (C=O) groups excluding carboxylic acids is 1. The summed E-state index contributed by atoms with van der Waals surface area (Å²) in [6, 6.07) is 11.9. The Hall–Kier alpha value is -1.88. The number of carbonyl (C=O) groups is 1. The maximum atomic E-state index is 12.8. The van der Waals surface area contributed by atoms with E-state index in [4.69, 9.17) is 0 Å². The molecule has 2 aromatic rings. The third-order valence-electron chi connectivity index (χ3n) is 3.56. The molecule has 0 radical (unpaired) electrons. The molecule has 0 bridgehead atoms. The van der Waals surface area contributed by atoms with E-state index in [1.807, 2.05) is 32.0 Å². The van der Waals surface area contributed by atoms with Crippen molar-refractivity contribution in [3.8, 4) is 0 Å². The van der Waals surface area contributed by atoms with E-state index in [1.54, 1.807) is 12.1 Å². The molecule has 0 spiro atoms. The first-order valence-corrected chi connectivity index (χ1v) is 8.30. The molecular formula is C18H20BrFN2O. The van der Waals surface area contributed by atoms with Gasteiger partial charge in [0, 0.05) is 16.7 Å². The maximum Gasteiger partial charge on any atom is 0.242 e. The molecule has 0 saturated carbocycles. The zero-order valence-corrected chi connectivity index (χ0v) is 14.8. The normalized spacial score (nSPS) is 11.8. The average Bonchev–Trinajstić information content (AvgIpc) is 2.52. The summed E-state index contributed by atoms with van der Waals surface area (Å²) < 4.78 is 13.9. The lowest BCUT2D eigenvalue weighted by molar-refractivity contribution is -0.121. The summed E-state index contributed by atoms with van der Waals surface area (Å²) >= 11 is 3.45. The van der Waals surface area contributed by atoms with Gasteiger partial charge in [-0.1, -0.05) is 28.1 Å². The fraction of sp³-hybridized carbons (Fsp3) is 0.278. The van der Waals surface area contributed by atoms with Crippen LogP contribution in [0.3, 0.4) is 0 Å². The van der Waals surface area contributed by atoms with Crippen LogP contribution in [0.25, 0.3) is 0 Å². The molecule has 2 aromatic carbocycles. The number of rotatable bonds is 6. The van der Waals surface area contributed by atoms with Crippen molar-refractivity contribution in [2.75, 3.05) is 11.9 Å². The molecule has 1 unspecified atom stereocenters. The molecule has 0 aromatic heterocycles. The van der Waals surface area contributed by atoms with E-state index in [9.17, 15) is 9.18 Å². The lowest BCUT2D eigenvalue weighted by Crippen LogP contribution is -2.38. The van der Waals surface area contributed by atoms with Gasteiger partial charge in [0.15, 0.2) is 0 Å². The predicted octanol–water partition coefficient (Wildman–Crippen LogP) is 4.06. The Kier molecular flexibility index (Phi) is 6.16. The van der Waals surface area contributed by atoms with E-state index >= 15 is 0 Å². The second-order valence-electron chi connectivity index (χ2n) is 5.50. The molecule has 23 heavy (non-hydrogen) atoms. The summed E-state index contributed by atoms with van der Waals surface area (Å²) in [4.78, 5) is 12.1. The van der Waals surface area contributed by atoms with Crippen molar-refractivity contribution >= 4 is 27.5 Å². The van der Waals surface area contributed by atoms with Gasteiger partial charge in [0.25, 0.3) is 0 Å². The molecule has 0 saturated heterocycles. The molecule has 0 fully saturated rings. The minimum absolute atomic E-state index is 0.0623. The largest absolute Gasteiger partial charge is 0.374 e. The highest BCUT2D eigenvalue weighted by Gasteiger charge is 2.12. The minimum atomic E-state index is -0.330. The Bertz CT molecular complexity index is 673. The first-order chi connectivity index (χ1) is 11.0. The van der Waals surface area contributed by atoms with E-state index in [-0.39, 0.29) is 17.8 Å². The summed E-state index contributed by atoms with van der Waals surface area (Å²) in [5, 5.41) is 6.07. The van der Waals surface area contributed by atoms with Crippen molar-refractivity contribution < 1.29 is 9.18 Å². The average molecular weight is 379 g/mol. The smallest absolute Gasteiger partial charge is 0.242 e. The third-order valence-corrected chi connectivity index (χ3v) is 4.45. The zero-order valence-electron chi connectivity index (χ0n) is 13.2. The van der Waals surface area contributed by atoms with Gasteiger partial charge in [-0.25, -0.2) is 4.39 Å². The van der Waals surface area contributed by atoms with E-state index < -0.39 is 0 Å². The molecule has 0 heterocycles. The quantitative estimate of drug-likeness (QED) is 0.795. The second-order valence-corrected chi connectivity index (χ2v) is 6.35. The van der Waals surface area contributed by atoms with Crippen molar-refractivity contribution in [1.29, 1.82) is 0 Å². The Morgan fingerprint density at radius 3 is 2.57 bits per heavy atom. The van der Waals surface area contributed by atoms with Crippen molar-refractivity contribution in [3.63, 3.8) is 0 Å². The Balaban J connectivity index is 1.80. The molecule has 2 rings (SSSR count). The van der Waals surface area contributed by atoms with Crippen LogP contribution >= 0.6 is 15.9 Å². The van der Waals surface area contributed by atoms with Crippen LogP contribution in [-0.2, 0) is 11.2 Å². The monoisotopic (exact) mass is 378 g/mol. The minimum Gasteiger partial charge on any atom is -0.374 e. The van der Waals surface area contributed by atoms with Crippen LogP contribution in [0.2, 0.25) is 0 Å². The van der Waals surface area contributed by atoms with Gasteiger partial charge < -0.3 is 10.6 Å². The van der Waals surface area contributed by atoms with Crippen LogP contribution in [-0.4, -0.2) is 18.5 Å². The van der Waals surface area contributed by atoms with Crippen LogP contribution in [0.4, 0.5) is 10.1 Å². The Labute approximate surface area is 144 Å².